The molecule has 0 unspecified atom stereocenters. The van der Waals surface area contributed by atoms with Gasteiger partial charge in [0.15, 0.2) is 0 Å². The number of hydrogen-bond donors (Lipinski definition) is 2. The van der Waals surface area contributed by atoms with Gasteiger partial charge in [0.25, 0.3) is 0 Å². The molecule has 6 nitrogen and oxygen atoms in total. The van der Waals surface area contributed by atoms with Crippen LogP contribution in [0.2, 0.25) is 0 Å². The highest BCUT2D eigenvalue weighted by Crippen LogP contribution is 2.24. The van der Waals surface area contributed by atoms with Crippen LogP contribution in [-0.4, -0.2) is 30.1 Å². The van der Waals surface area contributed by atoms with Crippen LogP contribution >= 0.6 is 0 Å². The average Bonchev–Trinajstić information content (AvgIpc) is 2.29. The fraction of sp³-hybridized carbons (Fsp3) is 0.500. The van der Waals surface area contributed by atoms with Crippen molar-refractivity contribution in [2.24, 2.45) is 5.73 Å². The summed E-state index contributed by atoms with van der Waals surface area (Å²) >= 11 is 0. The van der Waals surface area contributed by atoms with Gasteiger partial charge in [0, 0.05) is 6.04 Å². The summed E-state index contributed by atoms with van der Waals surface area (Å²) in [6.07, 6.45) is 0. The lowest BCUT2D eigenvalue weighted by Crippen LogP contribution is -2.39. The molecule has 1 heterocycles. The number of hydrogen-bond acceptors (Lipinski definition) is 5. The summed E-state index contributed by atoms with van der Waals surface area (Å²) in [5.41, 5.74) is 11.5. The molecule has 0 aliphatic heterocycles. The number of carbonyl (C=O) groups is 1. The molecule has 0 radical (unpaired) electrons. The number of carbonyl (C=O) groups excluding carboxylic acids is 1. The van der Waals surface area contributed by atoms with Gasteiger partial charge in [-0.1, -0.05) is 0 Å². The fourth-order valence-electron chi connectivity index (χ4n) is 1.55. The minimum Gasteiger partial charge on any atom is -0.476 e. The molecule has 1 amide bonds. The predicted octanol–water partition coefficient (Wildman–Crippen LogP) is 0.763. The molecule has 1 rings (SSSR count). The number of amides is 1. The number of rotatable bonds is 6. The number of primary amides is 1. The monoisotopic (exact) mass is 252 g/mol. The molecule has 18 heavy (non-hydrogen) atoms. The van der Waals surface area contributed by atoms with E-state index >= 15 is 0 Å². The lowest BCUT2D eigenvalue weighted by Gasteiger charge is -2.26. The van der Waals surface area contributed by atoms with Gasteiger partial charge in [-0.3, -0.25) is 4.79 Å². The quantitative estimate of drug-likeness (QED) is 0.779. The van der Waals surface area contributed by atoms with E-state index in [0.29, 0.717) is 24.0 Å². The van der Waals surface area contributed by atoms with Crippen molar-refractivity contribution in [3.63, 3.8) is 0 Å². The van der Waals surface area contributed by atoms with E-state index in [0.717, 1.165) is 0 Å². The number of nitrogen functional groups attached to an aromatic ring is 1. The van der Waals surface area contributed by atoms with E-state index in [2.05, 4.69) is 4.98 Å². The van der Waals surface area contributed by atoms with Crippen LogP contribution in [0, 0.1) is 0 Å². The molecule has 4 N–H and O–H groups in total. The first kappa shape index (κ1) is 14.1. The smallest absolute Gasteiger partial charge is 0.239 e. The summed E-state index contributed by atoms with van der Waals surface area (Å²) < 4.78 is 5.33. The summed E-state index contributed by atoms with van der Waals surface area (Å²) in [4.78, 5) is 17.2. The van der Waals surface area contributed by atoms with Crippen LogP contribution in [0.15, 0.2) is 12.1 Å². The third-order valence-electron chi connectivity index (χ3n) is 2.40. The molecule has 100 valence electrons. The number of nitrogens with two attached hydrogens (primary N) is 2. The van der Waals surface area contributed by atoms with Gasteiger partial charge in [-0.15, -0.1) is 0 Å². The van der Waals surface area contributed by atoms with Crippen LogP contribution in [0.3, 0.4) is 0 Å². The largest absolute Gasteiger partial charge is 0.476 e. The van der Waals surface area contributed by atoms with Gasteiger partial charge in [-0.2, -0.15) is 4.98 Å². The molecule has 0 spiro atoms. The summed E-state index contributed by atoms with van der Waals surface area (Å²) in [7, 11) is 0. The van der Waals surface area contributed by atoms with Crippen molar-refractivity contribution in [2.75, 3.05) is 23.8 Å². The third kappa shape index (κ3) is 3.51. The Labute approximate surface area is 107 Å². The highest BCUT2D eigenvalue weighted by molar-refractivity contribution is 5.79. The summed E-state index contributed by atoms with van der Waals surface area (Å²) in [5.74, 6) is 0.604. The second-order valence-electron chi connectivity index (χ2n) is 4.18. The van der Waals surface area contributed by atoms with Crippen LogP contribution in [0.4, 0.5) is 11.5 Å². The van der Waals surface area contributed by atoms with E-state index in [4.69, 9.17) is 16.2 Å². The summed E-state index contributed by atoms with van der Waals surface area (Å²) in [6, 6.07) is 3.56. The first-order chi connectivity index (χ1) is 8.45. The topological polar surface area (TPSA) is 94.5 Å². The lowest BCUT2D eigenvalue weighted by molar-refractivity contribution is -0.116. The number of aromatic nitrogens is 1. The normalized spacial score (nSPS) is 10.4. The highest BCUT2D eigenvalue weighted by atomic mass is 16.5. The molecule has 0 fully saturated rings. The minimum atomic E-state index is -0.403. The van der Waals surface area contributed by atoms with Gasteiger partial charge in [-0.25, -0.2) is 0 Å². The molecule has 0 aliphatic carbocycles. The first-order valence-corrected chi connectivity index (χ1v) is 5.90. The molecule has 0 saturated heterocycles. The predicted molar refractivity (Wildman–Crippen MR) is 71.5 cm³/mol. The van der Waals surface area contributed by atoms with E-state index in [-0.39, 0.29) is 12.6 Å². The zero-order valence-electron chi connectivity index (χ0n) is 11.0. The Bertz CT molecular complexity index is 421. The zero-order valence-corrected chi connectivity index (χ0v) is 11.0. The molecule has 0 bridgehead atoms. The lowest BCUT2D eigenvalue weighted by atomic mass is 10.3. The summed E-state index contributed by atoms with van der Waals surface area (Å²) in [5, 5.41) is 0. The van der Waals surface area contributed by atoms with Gasteiger partial charge >= 0.3 is 0 Å². The van der Waals surface area contributed by atoms with Crippen molar-refractivity contribution in [3.8, 4) is 5.88 Å². The van der Waals surface area contributed by atoms with Crippen LogP contribution in [0.1, 0.15) is 20.8 Å². The van der Waals surface area contributed by atoms with Gasteiger partial charge < -0.3 is 21.1 Å². The second-order valence-corrected chi connectivity index (χ2v) is 4.18. The first-order valence-electron chi connectivity index (χ1n) is 5.90. The number of ether oxygens (including phenoxy) is 1. The van der Waals surface area contributed by atoms with E-state index in [9.17, 15) is 4.79 Å². The van der Waals surface area contributed by atoms with Gasteiger partial charge in [-0.05, 0) is 32.9 Å². The van der Waals surface area contributed by atoms with Crippen molar-refractivity contribution in [3.05, 3.63) is 12.1 Å². The van der Waals surface area contributed by atoms with Crippen molar-refractivity contribution in [1.82, 2.24) is 4.98 Å². The maximum absolute atomic E-state index is 11.1. The molecule has 0 aromatic carbocycles. The molecule has 1 aromatic heterocycles. The van der Waals surface area contributed by atoms with Gasteiger partial charge in [0.2, 0.25) is 11.8 Å². The number of nitrogens with zero attached hydrogens (tertiary/aromatic N) is 2. The van der Waals surface area contributed by atoms with E-state index < -0.39 is 5.91 Å². The number of pyridine rings is 1. The van der Waals surface area contributed by atoms with Crippen LogP contribution in [-0.2, 0) is 4.79 Å². The third-order valence-corrected chi connectivity index (χ3v) is 2.40. The molecule has 0 atom stereocenters. The maximum atomic E-state index is 11.1. The standard InChI is InChI=1S/C12H20N4O2/c1-4-18-12-9(13)5-6-11(15-12)16(8(2)3)7-10(14)17/h5-6,8H,4,7,13H2,1-3H3,(H2,14,17). The van der Waals surface area contributed by atoms with Crippen LogP contribution in [0.5, 0.6) is 5.88 Å². The highest BCUT2D eigenvalue weighted by Gasteiger charge is 2.16. The molecular weight excluding hydrogens is 232 g/mol. The minimum absolute atomic E-state index is 0.100. The van der Waals surface area contributed by atoms with Crippen LogP contribution in [0.25, 0.3) is 0 Å². The van der Waals surface area contributed by atoms with E-state index in [1.807, 2.05) is 20.8 Å². The second kappa shape index (κ2) is 6.09. The van der Waals surface area contributed by atoms with Crippen molar-refractivity contribution >= 4 is 17.4 Å². The van der Waals surface area contributed by atoms with Crippen molar-refractivity contribution in [1.29, 1.82) is 0 Å². The Morgan fingerprint density at radius 1 is 1.50 bits per heavy atom. The van der Waals surface area contributed by atoms with E-state index in [1.165, 1.54) is 0 Å². The Morgan fingerprint density at radius 2 is 2.17 bits per heavy atom. The molecular formula is C12H20N4O2. The Balaban J connectivity index is 3.04. The fourth-order valence-corrected chi connectivity index (χ4v) is 1.55. The molecule has 0 aliphatic rings. The number of anilines is 2. The van der Waals surface area contributed by atoms with Gasteiger partial charge in [0.1, 0.15) is 5.82 Å². The van der Waals surface area contributed by atoms with Crippen molar-refractivity contribution < 1.29 is 9.53 Å². The Hall–Kier alpha value is -1.98. The van der Waals surface area contributed by atoms with Crippen molar-refractivity contribution in [2.45, 2.75) is 26.8 Å². The maximum Gasteiger partial charge on any atom is 0.239 e. The molecule has 1 aromatic rings. The average molecular weight is 252 g/mol. The molecule has 6 heteroatoms. The SMILES string of the molecule is CCOc1nc(N(CC(N)=O)C(C)C)ccc1N. The van der Waals surface area contributed by atoms with Crippen LogP contribution < -0.4 is 21.1 Å². The van der Waals surface area contributed by atoms with Gasteiger partial charge in [0.05, 0.1) is 18.8 Å². The Morgan fingerprint density at radius 3 is 2.67 bits per heavy atom. The molecule has 0 saturated carbocycles. The Kier molecular flexibility index (Phi) is 4.76. The zero-order chi connectivity index (χ0) is 13.7. The summed E-state index contributed by atoms with van der Waals surface area (Å²) in [6.45, 7) is 6.37. The van der Waals surface area contributed by atoms with E-state index in [1.54, 1.807) is 17.0 Å².